The summed E-state index contributed by atoms with van der Waals surface area (Å²) in [7, 11) is 0. The number of rotatable bonds is 2. The van der Waals surface area contributed by atoms with E-state index in [-0.39, 0.29) is 5.91 Å². The first kappa shape index (κ1) is 15.3. The fourth-order valence-corrected chi connectivity index (χ4v) is 2.65. The lowest BCUT2D eigenvalue weighted by molar-refractivity contribution is 0.0746. The molecule has 1 amide bonds. The van der Waals surface area contributed by atoms with Crippen LogP contribution < -0.4 is 4.90 Å². The van der Waals surface area contributed by atoms with Gasteiger partial charge in [-0.2, -0.15) is 5.26 Å². The van der Waals surface area contributed by atoms with Gasteiger partial charge in [0.2, 0.25) is 0 Å². The SMILES string of the molecule is N#Cc1cccnc1N1CCN(C(=O)c2ccc(Cl)nc2)CC1. The van der Waals surface area contributed by atoms with Gasteiger partial charge < -0.3 is 9.80 Å². The number of hydrogen-bond acceptors (Lipinski definition) is 5. The summed E-state index contributed by atoms with van der Waals surface area (Å²) in [6, 6.07) is 8.93. The van der Waals surface area contributed by atoms with Crippen LogP contribution in [-0.2, 0) is 0 Å². The van der Waals surface area contributed by atoms with Gasteiger partial charge in [-0.05, 0) is 24.3 Å². The second-order valence-electron chi connectivity index (χ2n) is 5.14. The van der Waals surface area contributed by atoms with E-state index in [0.29, 0.717) is 48.3 Å². The smallest absolute Gasteiger partial charge is 0.255 e. The minimum absolute atomic E-state index is 0.0599. The lowest BCUT2D eigenvalue weighted by Crippen LogP contribution is -2.49. The summed E-state index contributed by atoms with van der Waals surface area (Å²) < 4.78 is 0. The van der Waals surface area contributed by atoms with Crippen molar-refractivity contribution in [3.05, 3.63) is 52.9 Å². The summed E-state index contributed by atoms with van der Waals surface area (Å²) in [5.74, 6) is 0.616. The third-order valence-electron chi connectivity index (χ3n) is 3.75. The van der Waals surface area contributed by atoms with Gasteiger partial charge in [0, 0.05) is 38.6 Å². The van der Waals surface area contributed by atoms with Crippen LogP contribution in [0.2, 0.25) is 5.15 Å². The fourth-order valence-electron chi connectivity index (χ4n) is 2.54. The highest BCUT2D eigenvalue weighted by Gasteiger charge is 2.24. The minimum atomic E-state index is -0.0599. The maximum absolute atomic E-state index is 12.4. The van der Waals surface area contributed by atoms with Crippen LogP contribution in [0.15, 0.2) is 36.7 Å². The Labute approximate surface area is 138 Å². The molecule has 0 spiro atoms. The van der Waals surface area contributed by atoms with E-state index >= 15 is 0 Å². The van der Waals surface area contributed by atoms with Gasteiger partial charge in [-0.3, -0.25) is 4.79 Å². The summed E-state index contributed by atoms with van der Waals surface area (Å²) in [5.41, 5.74) is 1.08. The van der Waals surface area contributed by atoms with Crippen molar-refractivity contribution in [1.29, 1.82) is 5.26 Å². The zero-order valence-electron chi connectivity index (χ0n) is 12.3. The van der Waals surface area contributed by atoms with Gasteiger partial charge in [-0.15, -0.1) is 0 Å². The molecule has 1 fully saturated rings. The average molecular weight is 328 g/mol. The minimum Gasteiger partial charge on any atom is -0.352 e. The van der Waals surface area contributed by atoms with Crippen LogP contribution in [0.3, 0.4) is 0 Å². The molecule has 0 aliphatic carbocycles. The average Bonchev–Trinajstić information content (AvgIpc) is 2.62. The molecule has 0 bridgehead atoms. The van der Waals surface area contributed by atoms with E-state index in [9.17, 15) is 4.79 Å². The maximum atomic E-state index is 12.4. The number of anilines is 1. The lowest BCUT2D eigenvalue weighted by Gasteiger charge is -2.35. The Balaban J connectivity index is 1.68. The molecule has 3 rings (SSSR count). The normalized spacial score (nSPS) is 14.4. The largest absolute Gasteiger partial charge is 0.352 e. The van der Waals surface area contributed by atoms with Gasteiger partial charge in [0.1, 0.15) is 17.0 Å². The van der Waals surface area contributed by atoms with Crippen molar-refractivity contribution < 1.29 is 4.79 Å². The highest BCUT2D eigenvalue weighted by molar-refractivity contribution is 6.29. The number of carbonyl (C=O) groups is 1. The molecule has 1 aliphatic rings. The first-order chi connectivity index (χ1) is 11.2. The van der Waals surface area contributed by atoms with Crippen LogP contribution in [0.1, 0.15) is 15.9 Å². The van der Waals surface area contributed by atoms with Crippen molar-refractivity contribution in [2.45, 2.75) is 0 Å². The van der Waals surface area contributed by atoms with Gasteiger partial charge >= 0.3 is 0 Å². The zero-order chi connectivity index (χ0) is 16.2. The third kappa shape index (κ3) is 3.25. The zero-order valence-corrected chi connectivity index (χ0v) is 13.1. The molecule has 0 radical (unpaired) electrons. The molecule has 2 aromatic heterocycles. The van der Waals surface area contributed by atoms with Crippen molar-refractivity contribution in [3.63, 3.8) is 0 Å². The Kier molecular flexibility index (Phi) is 4.40. The van der Waals surface area contributed by atoms with E-state index in [0.717, 1.165) is 0 Å². The predicted molar refractivity (Wildman–Crippen MR) is 86.3 cm³/mol. The first-order valence-electron chi connectivity index (χ1n) is 7.20. The van der Waals surface area contributed by atoms with E-state index < -0.39 is 0 Å². The van der Waals surface area contributed by atoms with Crippen molar-refractivity contribution in [3.8, 4) is 6.07 Å². The van der Waals surface area contributed by atoms with Crippen molar-refractivity contribution >= 4 is 23.3 Å². The summed E-state index contributed by atoms with van der Waals surface area (Å²) in [6.07, 6.45) is 3.16. The molecular weight excluding hydrogens is 314 g/mol. The molecule has 1 aliphatic heterocycles. The molecule has 1 saturated heterocycles. The lowest BCUT2D eigenvalue weighted by atomic mass is 10.2. The van der Waals surface area contributed by atoms with E-state index in [1.807, 2.05) is 4.90 Å². The Morgan fingerprint density at radius 1 is 1.17 bits per heavy atom. The van der Waals surface area contributed by atoms with E-state index in [2.05, 4.69) is 16.0 Å². The highest BCUT2D eigenvalue weighted by atomic mass is 35.5. The number of amides is 1. The van der Waals surface area contributed by atoms with Crippen LogP contribution in [0.25, 0.3) is 0 Å². The van der Waals surface area contributed by atoms with Crippen molar-refractivity contribution in [1.82, 2.24) is 14.9 Å². The molecule has 2 aromatic rings. The van der Waals surface area contributed by atoms with E-state index in [4.69, 9.17) is 16.9 Å². The Morgan fingerprint density at radius 3 is 2.61 bits per heavy atom. The molecule has 0 aromatic carbocycles. The molecule has 0 N–H and O–H groups in total. The molecule has 0 atom stereocenters. The Bertz CT molecular complexity index is 748. The molecule has 3 heterocycles. The fraction of sp³-hybridized carbons (Fsp3) is 0.250. The monoisotopic (exact) mass is 327 g/mol. The molecule has 7 heteroatoms. The van der Waals surface area contributed by atoms with E-state index in [1.165, 1.54) is 6.20 Å². The molecule has 23 heavy (non-hydrogen) atoms. The molecule has 0 saturated carbocycles. The van der Waals surface area contributed by atoms with Gasteiger partial charge in [0.25, 0.3) is 5.91 Å². The van der Waals surface area contributed by atoms with Crippen LogP contribution >= 0.6 is 11.6 Å². The molecule has 0 unspecified atom stereocenters. The van der Waals surface area contributed by atoms with Gasteiger partial charge in [-0.25, -0.2) is 9.97 Å². The van der Waals surface area contributed by atoms with Crippen molar-refractivity contribution in [2.75, 3.05) is 31.1 Å². The summed E-state index contributed by atoms with van der Waals surface area (Å²) in [4.78, 5) is 24.5. The second kappa shape index (κ2) is 6.63. The molecule has 116 valence electrons. The maximum Gasteiger partial charge on any atom is 0.255 e. The molecule has 6 nitrogen and oxygen atoms in total. The number of carbonyl (C=O) groups excluding carboxylic acids is 1. The van der Waals surface area contributed by atoms with Gasteiger partial charge in [-0.1, -0.05) is 11.6 Å². The Morgan fingerprint density at radius 2 is 1.96 bits per heavy atom. The number of nitriles is 1. The summed E-state index contributed by atoms with van der Waals surface area (Å²) >= 11 is 5.74. The van der Waals surface area contributed by atoms with Crippen LogP contribution in [0, 0.1) is 11.3 Å². The van der Waals surface area contributed by atoms with E-state index in [1.54, 1.807) is 35.4 Å². The summed E-state index contributed by atoms with van der Waals surface area (Å²) in [6.45, 7) is 2.42. The quantitative estimate of drug-likeness (QED) is 0.788. The van der Waals surface area contributed by atoms with Crippen LogP contribution in [0.4, 0.5) is 5.82 Å². The van der Waals surface area contributed by atoms with Crippen LogP contribution in [-0.4, -0.2) is 47.0 Å². The second-order valence-corrected chi connectivity index (χ2v) is 5.52. The standard InChI is InChI=1S/C16H14ClN5O/c17-14-4-3-13(11-20-14)16(23)22-8-6-21(7-9-22)15-12(10-18)2-1-5-19-15/h1-5,11H,6-9H2. The first-order valence-corrected chi connectivity index (χ1v) is 7.58. The third-order valence-corrected chi connectivity index (χ3v) is 3.97. The number of halogens is 1. The topological polar surface area (TPSA) is 73.1 Å². The van der Waals surface area contributed by atoms with Gasteiger partial charge in [0.05, 0.1) is 11.1 Å². The molecular formula is C16H14ClN5O. The van der Waals surface area contributed by atoms with Crippen LogP contribution in [0.5, 0.6) is 0 Å². The summed E-state index contributed by atoms with van der Waals surface area (Å²) in [5, 5.41) is 9.53. The number of nitrogens with zero attached hydrogens (tertiary/aromatic N) is 5. The van der Waals surface area contributed by atoms with Crippen molar-refractivity contribution in [2.24, 2.45) is 0 Å². The number of pyridine rings is 2. The number of hydrogen-bond donors (Lipinski definition) is 0. The highest BCUT2D eigenvalue weighted by Crippen LogP contribution is 2.19. The number of aromatic nitrogens is 2. The van der Waals surface area contributed by atoms with Gasteiger partial charge in [0.15, 0.2) is 0 Å². The number of piperazine rings is 1. The Hall–Kier alpha value is -2.65. The predicted octanol–water partition coefficient (Wildman–Crippen LogP) is 1.96.